The first kappa shape index (κ1) is 12.2. The number of carbonyl (C=O) groups excluding carboxylic acids is 1. The van der Waals surface area contributed by atoms with Gasteiger partial charge in [-0.05, 0) is 30.0 Å². The molecule has 2 atom stereocenters. The predicted molar refractivity (Wildman–Crippen MR) is 70.1 cm³/mol. The molecule has 0 spiro atoms. The van der Waals surface area contributed by atoms with Crippen LogP contribution >= 0.6 is 11.6 Å². The van der Waals surface area contributed by atoms with Gasteiger partial charge in [0, 0.05) is 18.7 Å². The molecule has 0 radical (unpaired) electrons. The van der Waals surface area contributed by atoms with Gasteiger partial charge in [-0.2, -0.15) is 0 Å². The van der Waals surface area contributed by atoms with Crippen LogP contribution in [0.2, 0.25) is 5.02 Å². The first-order chi connectivity index (χ1) is 7.99. The molecule has 0 aliphatic carbocycles. The fraction of sp³-hybridized carbons (Fsp3) is 0.462. The molecular weight excluding hydrogens is 236 g/mol. The lowest BCUT2D eigenvalue weighted by Gasteiger charge is -2.16. The molecule has 1 aliphatic heterocycles. The van der Waals surface area contributed by atoms with E-state index in [2.05, 4.69) is 13.8 Å². The molecule has 1 aliphatic rings. The maximum absolute atomic E-state index is 12.2. The van der Waals surface area contributed by atoms with Crippen molar-refractivity contribution >= 4 is 23.2 Å². The smallest absolute Gasteiger partial charge is 0.253 e. The van der Waals surface area contributed by atoms with Gasteiger partial charge in [-0.25, -0.2) is 0 Å². The average molecular weight is 253 g/mol. The molecule has 2 unspecified atom stereocenters. The van der Waals surface area contributed by atoms with Crippen LogP contribution in [0.5, 0.6) is 0 Å². The number of anilines is 1. The number of nitrogen functional groups attached to an aromatic ring is 1. The van der Waals surface area contributed by atoms with Crippen molar-refractivity contribution in [2.24, 2.45) is 11.8 Å². The third-order valence-electron chi connectivity index (χ3n) is 3.52. The number of nitrogens with zero attached hydrogens (tertiary/aromatic N) is 1. The highest BCUT2D eigenvalue weighted by molar-refractivity contribution is 6.33. The van der Waals surface area contributed by atoms with E-state index in [0.717, 1.165) is 13.1 Å². The van der Waals surface area contributed by atoms with Crippen molar-refractivity contribution in [2.45, 2.75) is 13.8 Å². The zero-order chi connectivity index (χ0) is 12.6. The quantitative estimate of drug-likeness (QED) is 0.781. The lowest BCUT2D eigenvalue weighted by atomic mass is 10.0. The van der Waals surface area contributed by atoms with E-state index < -0.39 is 0 Å². The lowest BCUT2D eigenvalue weighted by Crippen LogP contribution is -2.28. The van der Waals surface area contributed by atoms with E-state index in [1.165, 1.54) is 0 Å². The summed E-state index contributed by atoms with van der Waals surface area (Å²) >= 11 is 5.84. The highest BCUT2D eigenvalue weighted by Crippen LogP contribution is 2.25. The first-order valence-corrected chi connectivity index (χ1v) is 6.21. The summed E-state index contributed by atoms with van der Waals surface area (Å²) in [5.41, 5.74) is 6.78. The Morgan fingerprint density at radius 1 is 1.35 bits per heavy atom. The summed E-state index contributed by atoms with van der Waals surface area (Å²) in [6, 6.07) is 5.06. The monoisotopic (exact) mass is 252 g/mol. The number of benzene rings is 1. The summed E-state index contributed by atoms with van der Waals surface area (Å²) in [5, 5.41) is 0.490. The lowest BCUT2D eigenvalue weighted by molar-refractivity contribution is 0.0785. The summed E-state index contributed by atoms with van der Waals surface area (Å²) in [6.45, 7) is 5.99. The van der Waals surface area contributed by atoms with Gasteiger partial charge >= 0.3 is 0 Å². The highest BCUT2D eigenvalue weighted by Gasteiger charge is 2.29. The van der Waals surface area contributed by atoms with Crippen molar-refractivity contribution < 1.29 is 4.79 Å². The number of likely N-dealkylation sites (tertiary alicyclic amines) is 1. The SMILES string of the molecule is CC1CN(C(=O)c2ccc(Cl)c(N)c2)CC1C. The molecule has 0 aromatic heterocycles. The van der Waals surface area contributed by atoms with Gasteiger partial charge in [-0.1, -0.05) is 25.4 Å². The van der Waals surface area contributed by atoms with Gasteiger partial charge in [0.05, 0.1) is 10.7 Å². The van der Waals surface area contributed by atoms with E-state index in [-0.39, 0.29) is 5.91 Å². The Bertz CT molecular complexity index is 437. The number of nitrogens with two attached hydrogens (primary N) is 1. The van der Waals surface area contributed by atoms with Gasteiger partial charge in [0.1, 0.15) is 0 Å². The predicted octanol–water partition coefficient (Wildman–Crippen LogP) is 2.65. The van der Waals surface area contributed by atoms with E-state index in [0.29, 0.717) is 28.1 Å². The second kappa shape index (κ2) is 4.57. The molecule has 1 aromatic rings. The molecule has 0 bridgehead atoms. The maximum Gasteiger partial charge on any atom is 0.253 e. The van der Waals surface area contributed by atoms with Crippen molar-refractivity contribution in [2.75, 3.05) is 18.8 Å². The van der Waals surface area contributed by atoms with Crippen molar-refractivity contribution in [1.29, 1.82) is 0 Å². The number of hydrogen-bond donors (Lipinski definition) is 1. The van der Waals surface area contributed by atoms with E-state index in [1.54, 1.807) is 18.2 Å². The van der Waals surface area contributed by atoms with Gasteiger partial charge in [-0.3, -0.25) is 4.79 Å². The van der Waals surface area contributed by atoms with Crippen molar-refractivity contribution in [3.8, 4) is 0 Å². The van der Waals surface area contributed by atoms with Crippen LogP contribution in [0.4, 0.5) is 5.69 Å². The third-order valence-corrected chi connectivity index (χ3v) is 3.86. The number of amides is 1. The Morgan fingerprint density at radius 2 is 1.94 bits per heavy atom. The molecule has 1 amide bonds. The van der Waals surface area contributed by atoms with Gasteiger partial charge in [0.15, 0.2) is 0 Å². The van der Waals surface area contributed by atoms with Crippen LogP contribution in [0.25, 0.3) is 0 Å². The number of hydrogen-bond acceptors (Lipinski definition) is 2. The van der Waals surface area contributed by atoms with Gasteiger partial charge in [0.2, 0.25) is 0 Å². The zero-order valence-electron chi connectivity index (χ0n) is 10.1. The van der Waals surface area contributed by atoms with E-state index in [1.807, 2.05) is 4.90 Å². The molecular formula is C13H17ClN2O. The van der Waals surface area contributed by atoms with E-state index in [4.69, 9.17) is 17.3 Å². The minimum absolute atomic E-state index is 0.0459. The first-order valence-electron chi connectivity index (χ1n) is 5.83. The molecule has 4 heteroatoms. The number of halogens is 1. The number of rotatable bonds is 1. The van der Waals surface area contributed by atoms with Crippen molar-refractivity contribution in [3.63, 3.8) is 0 Å². The van der Waals surface area contributed by atoms with Crippen molar-refractivity contribution in [1.82, 2.24) is 4.90 Å². The molecule has 92 valence electrons. The molecule has 3 nitrogen and oxygen atoms in total. The van der Waals surface area contributed by atoms with Gasteiger partial charge < -0.3 is 10.6 Å². The molecule has 1 heterocycles. The fourth-order valence-electron chi connectivity index (χ4n) is 2.15. The average Bonchev–Trinajstić information content (AvgIpc) is 2.62. The normalized spacial score (nSPS) is 24.1. The summed E-state index contributed by atoms with van der Waals surface area (Å²) in [5.74, 6) is 1.16. The van der Waals surface area contributed by atoms with E-state index in [9.17, 15) is 4.79 Å². The van der Waals surface area contributed by atoms with Crippen LogP contribution in [-0.4, -0.2) is 23.9 Å². The third kappa shape index (κ3) is 2.39. The number of carbonyl (C=O) groups is 1. The van der Waals surface area contributed by atoms with Crippen LogP contribution in [0.15, 0.2) is 18.2 Å². The largest absolute Gasteiger partial charge is 0.398 e. The van der Waals surface area contributed by atoms with E-state index >= 15 is 0 Å². The molecule has 0 saturated carbocycles. The molecule has 1 aromatic carbocycles. The molecule has 2 N–H and O–H groups in total. The minimum atomic E-state index is 0.0459. The molecule has 1 fully saturated rings. The van der Waals surface area contributed by atoms with Crippen LogP contribution in [0.3, 0.4) is 0 Å². The molecule has 17 heavy (non-hydrogen) atoms. The maximum atomic E-state index is 12.2. The second-order valence-electron chi connectivity index (χ2n) is 4.90. The minimum Gasteiger partial charge on any atom is -0.398 e. The Hall–Kier alpha value is -1.22. The van der Waals surface area contributed by atoms with Crippen LogP contribution in [0.1, 0.15) is 24.2 Å². The summed E-state index contributed by atoms with van der Waals surface area (Å²) in [6.07, 6.45) is 0. The Balaban J connectivity index is 2.17. The fourth-order valence-corrected chi connectivity index (χ4v) is 2.27. The van der Waals surface area contributed by atoms with Gasteiger partial charge in [0.25, 0.3) is 5.91 Å². The zero-order valence-corrected chi connectivity index (χ0v) is 10.9. The summed E-state index contributed by atoms with van der Waals surface area (Å²) in [4.78, 5) is 14.1. The molecule has 2 rings (SSSR count). The second-order valence-corrected chi connectivity index (χ2v) is 5.31. The highest BCUT2D eigenvalue weighted by atomic mass is 35.5. The standard InChI is InChI=1S/C13H17ClN2O/c1-8-6-16(7-9(8)2)13(17)10-3-4-11(14)12(15)5-10/h3-5,8-9H,6-7,15H2,1-2H3. The van der Waals surface area contributed by atoms with Crippen LogP contribution < -0.4 is 5.73 Å². The van der Waals surface area contributed by atoms with Crippen LogP contribution in [-0.2, 0) is 0 Å². The van der Waals surface area contributed by atoms with Gasteiger partial charge in [-0.15, -0.1) is 0 Å². The summed E-state index contributed by atoms with van der Waals surface area (Å²) < 4.78 is 0. The summed E-state index contributed by atoms with van der Waals surface area (Å²) in [7, 11) is 0. The molecule has 1 saturated heterocycles. The topological polar surface area (TPSA) is 46.3 Å². The Morgan fingerprint density at radius 3 is 2.47 bits per heavy atom. The van der Waals surface area contributed by atoms with Crippen LogP contribution in [0, 0.1) is 11.8 Å². The Labute approximate surface area is 107 Å². The van der Waals surface area contributed by atoms with Crippen molar-refractivity contribution in [3.05, 3.63) is 28.8 Å². The Kier molecular flexibility index (Phi) is 3.29.